The fraction of sp³-hybridized carbons (Fsp3) is 1.00. The lowest BCUT2D eigenvalue weighted by Gasteiger charge is -2.64. The molecule has 0 aromatic heterocycles. The van der Waals surface area contributed by atoms with Crippen LogP contribution in [0, 0.1) is 58.2 Å². The van der Waals surface area contributed by atoms with Crippen LogP contribution in [-0.2, 0) is 0 Å². The second kappa shape index (κ2) is 8.79. The Bertz CT molecular complexity index is 628. The molecule has 4 fully saturated rings. The van der Waals surface area contributed by atoms with Crippen molar-refractivity contribution in [2.75, 3.05) is 0 Å². The van der Waals surface area contributed by atoms with Crippen LogP contribution in [0.25, 0.3) is 0 Å². The molecule has 4 saturated carbocycles. The van der Waals surface area contributed by atoms with Crippen molar-refractivity contribution in [3.8, 4) is 0 Å². The van der Waals surface area contributed by atoms with Gasteiger partial charge in [-0.15, -0.1) is 0 Å². The Morgan fingerprint density at radius 1 is 0.903 bits per heavy atom. The van der Waals surface area contributed by atoms with Gasteiger partial charge in [0.1, 0.15) is 5.06 Å². The molecule has 0 aromatic carbocycles. The molecule has 31 heavy (non-hydrogen) atoms. The summed E-state index contributed by atoms with van der Waals surface area (Å²) in [6.45, 7) is 14.8. The molecule has 4 aliphatic carbocycles. The molecule has 10 atom stereocenters. The van der Waals surface area contributed by atoms with Crippen molar-refractivity contribution >= 4 is 11.6 Å². The van der Waals surface area contributed by atoms with E-state index >= 15 is 0 Å². The van der Waals surface area contributed by atoms with E-state index in [1.165, 1.54) is 64.2 Å². The Morgan fingerprint density at radius 3 is 2.32 bits per heavy atom. The minimum Gasteiger partial charge on any atom is -0.374 e. The third kappa shape index (κ3) is 3.84. The lowest BCUT2D eigenvalue weighted by molar-refractivity contribution is -0.182. The van der Waals surface area contributed by atoms with Crippen molar-refractivity contribution in [1.82, 2.24) is 0 Å². The zero-order chi connectivity index (χ0) is 22.6. The first-order valence-electron chi connectivity index (χ1n) is 14.0. The van der Waals surface area contributed by atoms with Gasteiger partial charge in [0.25, 0.3) is 0 Å². The average molecular weight is 451 g/mol. The van der Waals surface area contributed by atoms with E-state index < -0.39 is 5.06 Å². The molecule has 0 bridgehead atoms. The second-order valence-electron chi connectivity index (χ2n) is 13.3. The van der Waals surface area contributed by atoms with Crippen molar-refractivity contribution in [1.29, 1.82) is 0 Å². The van der Waals surface area contributed by atoms with Crippen molar-refractivity contribution in [2.24, 2.45) is 58.2 Å². The quantitative estimate of drug-likeness (QED) is 0.401. The first-order valence-corrected chi connectivity index (χ1v) is 14.3. The average Bonchev–Trinajstić information content (AvgIpc) is 3.06. The number of alkyl halides is 1. The van der Waals surface area contributed by atoms with Gasteiger partial charge >= 0.3 is 0 Å². The Labute approximate surface area is 198 Å². The predicted octanol–water partition coefficient (Wildman–Crippen LogP) is 8.67. The number of aliphatic hydroxyl groups is 1. The second-order valence-corrected chi connectivity index (χ2v) is 13.9. The van der Waals surface area contributed by atoms with Crippen LogP contribution >= 0.6 is 11.6 Å². The van der Waals surface area contributed by atoms with Gasteiger partial charge in [0.2, 0.25) is 0 Å². The van der Waals surface area contributed by atoms with E-state index in [4.69, 9.17) is 11.6 Å². The van der Waals surface area contributed by atoms with Gasteiger partial charge in [-0.3, -0.25) is 0 Å². The fourth-order valence-corrected chi connectivity index (χ4v) is 10.4. The zero-order valence-electron chi connectivity index (χ0n) is 21.4. The molecule has 0 amide bonds. The van der Waals surface area contributed by atoms with E-state index in [1.54, 1.807) is 0 Å². The minimum atomic E-state index is -0.982. The summed E-state index contributed by atoms with van der Waals surface area (Å²) in [5.41, 5.74) is 0.439. The first kappa shape index (κ1) is 24.4. The summed E-state index contributed by atoms with van der Waals surface area (Å²) in [4.78, 5) is 0. The molecule has 0 saturated heterocycles. The number of fused-ring (bicyclic) bond motifs is 5. The summed E-state index contributed by atoms with van der Waals surface area (Å²) in [5.74, 6) is 6.38. The summed E-state index contributed by atoms with van der Waals surface area (Å²) >= 11 is 6.93. The van der Waals surface area contributed by atoms with E-state index in [0.717, 1.165) is 48.3 Å². The summed E-state index contributed by atoms with van der Waals surface area (Å²) in [5, 5.41) is 10.4. The van der Waals surface area contributed by atoms with E-state index in [1.807, 2.05) is 0 Å². The SMILES string of the molecule is CC[C@H](CC[C@@H](C)[C@H]1CC[C@H]2[C@H]3CCC4CCCC(O)(Cl)[C@]4(C)[C@H]3CC[C@]12C)C(C)C. The van der Waals surface area contributed by atoms with E-state index in [9.17, 15) is 5.11 Å². The number of hydrogen-bond donors (Lipinski definition) is 1. The highest BCUT2D eigenvalue weighted by Crippen LogP contribution is 2.70. The Kier molecular flexibility index (Phi) is 6.92. The number of rotatable bonds is 6. The molecule has 4 aliphatic rings. The Hall–Kier alpha value is 0.250. The van der Waals surface area contributed by atoms with Gasteiger partial charge in [0.15, 0.2) is 0 Å². The van der Waals surface area contributed by atoms with Crippen LogP contribution in [0.15, 0.2) is 0 Å². The largest absolute Gasteiger partial charge is 0.374 e. The molecule has 1 nitrogen and oxygen atoms in total. The summed E-state index contributed by atoms with van der Waals surface area (Å²) < 4.78 is 0. The van der Waals surface area contributed by atoms with Gasteiger partial charge < -0.3 is 5.11 Å². The summed E-state index contributed by atoms with van der Waals surface area (Å²) in [6.07, 6.45) is 15.6. The lowest BCUT2D eigenvalue weighted by atomic mass is 9.43. The van der Waals surface area contributed by atoms with Gasteiger partial charge in [0, 0.05) is 5.41 Å². The minimum absolute atomic E-state index is 0.0770. The molecule has 4 rings (SSSR count). The van der Waals surface area contributed by atoms with E-state index in [2.05, 4.69) is 41.5 Å². The topological polar surface area (TPSA) is 20.2 Å². The Morgan fingerprint density at radius 2 is 1.65 bits per heavy atom. The predicted molar refractivity (Wildman–Crippen MR) is 133 cm³/mol. The maximum absolute atomic E-state index is 11.4. The van der Waals surface area contributed by atoms with Crippen LogP contribution in [0.5, 0.6) is 0 Å². The normalized spacial score (nSPS) is 49.3. The highest BCUT2D eigenvalue weighted by atomic mass is 35.5. The highest BCUT2D eigenvalue weighted by Gasteiger charge is 2.65. The zero-order valence-corrected chi connectivity index (χ0v) is 22.2. The van der Waals surface area contributed by atoms with Crippen LogP contribution < -0.4 is 0 Å². The van der Waals surface area contributed by atoms with E-state index in [-0.39, 0.29) is 5.41 Å². The van der Waals surface area contributed by atoms with Crippen molar-refractivity contribution in [3.05, 3.63) is 0 Å². The van der Waals surface area contributed by atoms with Crippen LogP contribution in [0.2, 0.25) is 0 Å². The van der Waals surface area contributed by atoms with Crippen molar-refractivity contribution < 1.29 is 5.11 Å². The molecule has 0 spiro atoms. The van der Waals surface area contributed by atoms with Gasteiger partial charge in [-0.2, -0.15) is 0 Å². The van der Waals surface area contributed by atoms with Gasteiger partial charge in [-0.05, 0) is 117 Å². The molecular formula is C29H51ClO. The molecule has 1 N–H and O–H groups in total. The summed E-state index contributed by atoms with van der Waals surface area (Å²) in [6, 6.07) is 0. The van der Waals surface area contributed by atoms with Crippen LogP contribution in [0.4, 0.5) is 0 Å². The molecule has 0 radical (unpaired) electrons. The molecule has 2 unspecified atom stereocenters. The van der Waals surface area contributed by atoms with Crippen LogP contribution in [-0.4, -0.2) is 10.2 Å². The van der Waals surface area contributed by atoms with Crippen LogP contribution in [0.3, 0.4) is 0 Å². The lowest BCUT2D eigenvalue weighted by Crippen LogP contribution is -2.61. The Balaban J connectivity index is 1.50. The maximum atomic E-state index is 11.4. The number of halogens is 1. The van der Waals surface area contributed by atoms with Crippen molar-refractivity contribution in [3.63, 3.8) is 0 Å². The van der Waals surface area contributed by atoms with Crippen molar-refractivity contribution in [2.45, 2.75) is 124 Å². The molecule has 180 valence electrons. The fourth-order valence-electron chi connectivity index (χ4n) is 9.99. The smallest absolute Gasteiger partial charge is 0.144 e. The molecule has 0 aromatic rings. The maximum Gasteiger partial charge on any atom is 0.144 e. The first-order chi connectivity index (χ1) is 14.6. The van der Waals surface area contributed by atoms with Gasteiger partial charge in [-0.1, -0.05) is 66.0 Å². The number of hydrogen-bond acceptors (Lipinski definition) is 1. The molecule has 2 heteroatoms. The molecule has 0 aliphatic heterocycles. The van der Waals surface area contributed by atoms with E-state index in [0.29, 0.717) is 17.3 Å². The molecular weight excluding hydrogens is 400 g/mol. The highest BCUT2D eigenvalue weighted by molar-refractivity contribution is 6.23. The van der Waals surface area contributed by atoms with Crippen LogP contribution in [0.1, 0.15) is 119 Å². The molecule has 0 heterocycles. The van der Waals surface area contributed by atoms with Gasteiger partial charge in [0.05, 0.1) is 0 Å². The van der Waals surface area contributed by atoms with Gasteiger partial charge in [-0.25, -0.2) is 0 Å². The standard InChI is InChI=1S/C29H51ClO/c1-7-21(19(2)3)11-10-20(4)24-14-15-25-23-13-12-22-9-8-17-29(30,31)28(22,6)26(23)16-18-27(24,25)5/h19-26,31H,7-18H2,1-6H3/t20-,21-,22?,23-,24-,25+,26+,27-,28+,29?/m1/s1. The summed E-state index contributed by atoms with van der Waals surface area (Å²) in [7, 11) is 0. The third-order valence-electron chi connectivity index (χ3n) is 12.0. The monoisotopic (exact) mass is 450 g/mol. The third-order valence-corrected chi connectivity index (χ3v) is 12.6.